The van der Waals surface area contributed by atoms with E-state index in [2.05, 4.69) is 10.1 Å². The van der Waals surface area contributed by atoms with Crippen LogP contribution in [0.2, 0.25) is 0 Å². The van der Waals surface area contributed by atoms with Crippen LogP contribution in [-0.4, -0.2) is 20.8 Å². The highest BCUT2D eigenvalue weighted by Crippen LogP contribution is 2.24. The summed E-state index contributed by atoms with van der Waals surface area (Å²) in [6.45, 7) is 5.88. The van der Waals surface area contributed by atoms with E-state index >= 15 is 0 Å². The molecule has 0 spiro atoms. The van der Waals surface area contributed by atoms with Gasteiger partial charge in [-0.25, -0.2) is 14.1 Å². The SMILES string of the molecule is CCc1nc(CC)n(C(c2ccccc2F)C(C)N)n1. The van der Waals surface area contributed by atoms with Gasteiger partial charge in [0.2, 0.25) is 0 Å². The van der Waals surface area contributed by atoms with Crippen molar-refractivity contribution in [2.24, 2.45) is 5.73 Å². The molecule has 2 unspecified atom stereocenters. The lowest BCUT2D eigenvalue weighted by molar-refractivity contribution is 0.419. The van der Waals surface area contributed by atoms with Crippen LogP contribution < -0.4 is 5.73 Å². The molecule has 1 heterocycles. The maximum absolute atomic E-state index is 14.1. The molecule has 2 atom stereocenters. The molecule has 1 aromatic heterocycles. The van der Waals surface area contributed by atoms with Gasteiger partial charge < -0.3 is 5.73 Å². The van der Waals surface area contributed by atoms with Gasteiger partial charge in [0, 0.05) is 24.4 Å². The highest BCUT2D eigenvalue weighted by atomic mass is 19.1. The third-order valence-corrected chi connectivity index (χ3v) is 3.36. The predicted octanol–water partition coefficient (Wildman–Crippen LogP) is 2.48. The second-order valence-corrected chi connectivity index (χ2v) is 4.92. The molecule has 2 rings (SSSR count). The topological polar surface area (TPSA) is 56.7 Å². The van der Waals surface area contributed by atoms with Gasteiger partial charge in [-0.1, -0.05) is 32.0 Å². The Balaban J connectivity index is 2.54. The van der Waals surface area contributed by atoms with E-state index in [-0.39, 0.29) is 17.9 Å². The highest BCUT2D eigenvalue weighted by Gasteiger charge is 2.25. The molecule has 0 bridgehead atoms. The third kappa shape index (κ3) is 2.72. The van der Waals surface area contributed by atoms with Crippen molar-refractivity contribution in [3.8, 4) is 0 Å². The number of hydrogen-bond acceptors (Lipinski definition) is 3. The number of aryl methyl sites for hydroxylation is 2. The summed E-state index contributed by atoms with van der Waals surface area (Å²) in [7, 11) is 0. The molecule has 1 aromatic carbocycles. The van der Waals surface area contributed by atoms with E-state index in [1.807, 2.05) is 26.8 Å². The van der Waals surface area contributed by atoms with Gasteiger partial charge in [-0.2, -0.15) is 5.10 Å². The van der Waals surface area contributed by atoms with Gasteiger partial charge in [0.05, 0.1) is 6.04 Å². The zero-order valence-corrected chi connectivity index (χ0v) is 12.2. The number of nitrogens with two attached hydrogens (primary N) is 1. The number of aromatic nitrogens is 3. The Hall–Kier alpha value is -1.75. The van der Waals surface area contributed by atoms with E-state index in [4.69, 9.17) is 5.73 Å². The first kappa shape index (κ1) is 14.7. The molecule has 4 nitrogen and oxygen atoms in total. The van der Waals surface area contributed by atoms with Crippen molar-refractivity contribution in [1.29, 1.82) is 0 Å². The van der Waals surface area contributed by atoms with E-state index in [0.717, 1.165) is 24.5 Å². The Morgan fingerprint density at radius 3 is 2.50 bits per heavy atom. The van der Waals surface area contributed by atoms with Crippen molar-refractivity contribution >= 4 is 0 Å². The number of nitrogens with zero attached hydrogens (tertiary/aromatic N) is 3. The monoisotopic (exact) mass is 276 g/mol. The molecule has 0 amide bonds. The standard InChI is InChI=1S/C15H21FN4/c1-4-13-18-14(5-2)20(19-13)15(10(3)17)11-8-6-7-9-12(11)16/h6-10,15H,4-5,17H2,1-3H3. The van der Waals surface area contributed by atoms with Gasteiger partial charge in [0.25, 0.3) is 0 Å². The highest BCUT2D eigenvalue weighted by molar-refractivity contribution is 5.24. The predicted molar refractivity (Wildman–Crippen MR) is 77.0 cm³/mol. The number of hydrogen-bond donors (Lipinski definition) is 1. The van der Waals surface area contributed by atoms with Gasteiger partial charge in [-0.15, -0.1) is 0 Å². The van der Waals surface area contributed by atoms with E-state index in [1.54, 1.807) is 16.8 Å². The third-order valence-electron chi connectivity index (χ3n) is 3.36. The fraction of sp³-hybridized carbons (Fsp3) is 0.467. The molecular formula is C15H21FN4. The van der Waals surface area contributed by atoms with Crippen molar-refractivity contribution in [3.05, 3.63) is 47.3 Å². The van der Waals surface area contributed by atoms with Crippen molar-refractivity contribution in [1.82, 2.24) is 14.8 Å². The first-order valence-electron chi connectivity index (χ1n) is 7.02. The van der Waals surface area contributed by atoms with Crippen molar-refractivity contribution in [2.45, 2.75) is 45.7 Å². The van der Waals surface area contributed by atoms with Crippen LogP contribution in [-0.2, 0) is 12.8 Å². The molecule has 0 radical (unpaired) electrons. The summed E-state index contributed by atoms with van der Waals surface area (Å²) in [5, 5.41) is 4.50. The van der Waals surface area contributed by atoms with Gasteiger partial charge in [-0.3, -0.25) is 0 Å². The molecule has 0 aliphatic heterocycles. The molecule has 0 aliphatic rings. The molecule has 0 saturated carbocycles. The van der Waals surface area contributed by atoms with E-state index < -0.39 is 0 Å². The first-order valence-corrected chi connectivity index (χ1v) is 7.02. The van der Waals surface area contributed by atoms with Gasteiger partial charge in [0.15, 0.2) is 5.82 Å². The van der Waals surface area contributed by atoms with Crippen LogP contribution in [0.3, 0.4) is 0 Å². The fourth-order valence-corrected chi connectivity index (χ4v) is 2.37. The summed E-state index contributed by atoms with van der Waals surface area (Å²) in [6.07, 6.45) is 1.49. The van der Waals surface area contributed by atoms with Crippen LogP contribution in [0.5, 0.6) is 0 Å². The van der Waals surface area contributed by atoms with E-state index in [1.165, 1.54) is 6.07 Å². The summed E-state index contributed by atoms with van der Waals surface area (Å²) in [5.74, 6) is 1.35. The minimum atomic E-state index is -0.334. The van der Waals surface area contributed by atoms with Gasteiger partial charge in [-0.05, 0) is 13.0 Å². The largest absolute Gasteiger partial charge is 0.326 e. The van der Waals surface area contributed by atoms with Crippen LogP contribution in [0.15, 0.2) is 24.3 Å². The van der Waals surface area contributed by atoms with E-state index in [9.17, 15) is 4.39 Å². The minimum absolute atomic E-state index is 0.259. The summed E-state index contributed by atoms with van der Waals surface area (Å²) in [6, 6.07) is 6.11. The van der Waals surface area contributed by atoms with Crippen LogP contribution >= 0.6 is 0 Å². The zero-order valence-electron chi connectivity index (χ0n) is 12.2. The Morgan fingerprint density at radius 1 is 1.25 bits per heavy atom. The summed E-state index contributed by atoms with van der Waals surface area (Å²) in [5.41, 5.74) is 6.65. The lowest BCUT2D eigenvalue weighted by Crippen LogP contribution is -2.32. The average Bonchev–Trinajstić information content (AvgIpc) is 2.84. The molecular weight excluding hydrogens is 255 g/mol. The second kappa shape index (κ2) is 6.13. The van der Waals surface area contributed by atoms with Crippen molar-refractivity contribution in [3.63, 3.8) is 0 Å². The fourth-order valence-electron chi connectivity index (χ4n) is 2.37. The van der Waals surface area contributed by atoms with Crippen molar-refractivity contribution in [2.75, 3.05) is 0 Å². The number of rotatable bonds is 5. The van der Waals surface area contributed by atoms with Gasteiger partial charge in [0.1, 0.15) is 11.6 Å². The molecule has 5 heteroatoms. The normalized spacial score (nSPS) is 14.2. The van der Waals surface area contributed by atoms with Gasteiger partial charge >= 0.3 is 0 Å². The smallest absolute Gasteiger partial charge is 0.150 e. The first-order chi connectivity index (χ1) is 9.58. The lowest BCUT2D eigenvalue weighted by atomic mass is 10.0. The Labute approximate surface area is 118 Å². The molecule has 2 N–H and O–H groups in total. The average molecular weight is 276 g/mol. The lowest BCUT2D eigenvalue weighted by Gasteiger charge is -2.23. The molecule has 20 heavy (non-hydrogen) atoms. The summed E-state index contributed by atoms with van der Waals surface area (Å²) < 4.78 is 15.9. The Morgan fingerprint density at radius 2 is 1.95 bits per heavy atom. The van der Waals surface area contributed by atoms with Crippen LogP contribution in [0.4, 0.5) is 4.39 Å². The molecule has 2 aromatic rings. The molecule has 0 aliphatic carbocycles. The maximum Gasteiger partial charge on any atom is 0.150 e. The van der Waals surface area contributed by atoms with E-state index in [0.29, 0.717) is 5.56 Å². The Bertz CT molecular complexity index is 577. The number of halogens is 1. The van der Waals surface area contributed by atoms with Crippen LogP contribution in [0, 0.1) is 5.82 Å². The maximum atomic E-state index is 14.1. The second-order valence-electron chi connectivity index (χ2n) is 4.92. The van der Waals surface area contributed by atoms with Crippen molar-refractivity contribution < 1.29 is 4.39 Å². The number of benzene rings is 1. The molecule has 0 fully saturated rings. The molecule has 0 saturated heterocycles. The molecule has 108 valence electrons. The zero-order chi connectivity index (χ0) is 14.7. The van der Waals surface area contributed by atoms with Crippen LogP contribution in [0.1, 0.15) is 44.0 Å². The Kier molecular flexibility index (Phi) is 4.49. The summed E-state index contributed by atoms with van der Waals surface area (Å²) in [4.78, 5) is 4.48. The summed E-state index contributed by atoms with van der Waals surface area (Å²) >= 11 is 0. The quantitative estimate of drug-likeness (QED) is 0.912. The van der Waals surface area contributed by atoms with Crippen LogP contribution in [0.25, 0.3) is 0 Å². The minimum Gasteiger partial charge on any atom is -0.326 e.